The van der Waals surface area contributed by atoms with Crippen LogP contribution >= 0.6 is 0 Å². The zero-order chi connectivity index (χ0) is 19.2. The molecule has 2 aromatic rings. The number of urea groups is 1. The number of rotatable bonds is 7. The van der Waals surface area contributed by atoms with Gasteiger partial charge in [-0.1, -0.05) is 24.6 Å². The van der Waals surface area contributed by atoms with Gasteiger partial charge in [-0.25, -0.2) is 10.3 Å². The van der Waals surface area contributed by atoms with Crippen LogP contribution < -0.4 is 10.8 Å². The van der Waals surface area contributed by atoms with E-state index < -0.39 is 11.9 Å². The number of carbonyl (C=O) groups is 3. The second-order valence-electron chi connectivity index (χ2n) is 6.25. The molecule has 4 amide bonds. The molecule has 0 aliphatic carbocycles. The van der Waals surface area contributed by atoms with Crippen LogP contribution in [0.1, 0.15) is 31.2 Å². The Morgan fingerprint density at radius 1 is 1.22 bits per heavy atom. The number of fused-ring (bicyclic) bond motifs is 1. The van der Waals surface area contributed by atoms with E-state index in [1.54, 1.807) is 17.8 Å². The summed E-state index contributed by atoms with van der Waals surface area (Å²) in [5.74, 6) is -0.819. The minimum absolute atomic E-state index is 0.205. The predicted octanol–water partition coefficient (Wildman–Crippen LogP) is 2.19. The van der Waals surface area contributed by atoms with Crippen molar-refractivity contribution in [1.82, 2.24) is 20.7 Å². The van der Waals surface area contributed by atoms with E-state index in [1.165, 1.54) is 0 Å². The predicted molar refractivity (Wildman–Crippen MR) is 98.4 cm³/mol. The summed E-state index contributed by atoms with van der Waals surface area (Å²) in [6.45, 7) is 0.277. The van der Waals surface area contributed by atoms with Gasteiger partial charge in [-0.15, -0.1) is 0 Å². The molecule has 0 atom stereocenters. The van der Waals surface area contributed by atoms with Crippen LogP contribution in [-0.4, -0.2) is 39.5 Å². The van der Waals surface area contributed by atoms with Crippen molar-refractivity contribution in [3.05, 3.63) is 47.8 Å². The number of hydroxylamine groups is 1. The van der Waals surface area contributed by atoms with Crippen molar-refractivity contribution >= 4 is 34.8 Å². The van der Waals surface area contributed by atoms with Crippen molar-refractivity contribution < 1.29 is 19.6 Å². The Kier molecular flexibility index (Phi) is 5.77. The molecule has 1 aliphatic heterocycles. The lowest BCUT2D eigenvalue weighted by atomic mass is 10.1. The smallest absolute Gasteiger partial charge is 0.303 e. The van der Waals surface area contributed by atoms with Gasteiger partial charge in [0, 0.05) is 24.5 Å². The molecule has 0 unspecified atom stereocenters. The van der Waals surface area contributed by atoms with Crippen molar-refractivity contribution in [1.29, 1.82) is 0 Å². The minimum Gasteiger partial charge on any atom is -0.303 e. The molecule has 0 radical (unpaired) electrons. The quantitative estimate of drug-likeness (QED) is 0.228. The molecule has 1 aliphatic rings. The van der Waals surface area contributed by atoms with E-state index in [0.29, 0.717) is 19.3 Å². The summed E-state index contributed by atoms with van der Waals surface area (Å²) in [6.07, 6.45) is 5.30. The lowest BCUT2D eigenvalue weighted by Crippen LogP contribution is -2.31. The van der Waals surface area contributed by atoms with Crippen LogP contribution in [0.15, 0.2) is 42.2 Å². The van der Waals surface area contributed by atoms with Gasteiger partial charge in [-0.3, -0.25) is 24.7 Å². The number of nitrogens with one attached hydrogen (secondary N) is 2. The minimum atomic E-state index is -0.451. The normalized spacial score (nSPS) is 15.4. The average Bonchev–Trinajstić information content (AvgIpc) is 2.94. The third kappa shape index (κ3) is 4.48. The summed E-state index contributed by atoms with van der Waals surface area (Å²) >= 11 is 0. The molecule has 0 bridgehead atoms. The molecule has 27 heavy (non-hydrogen) atoms. The molecule has 3 N–H and O–H groups in total. The molecule has 0 saturated carbocycles. The number of hydrogen-bond donors (Lipinski definition) is 3. The highest BCUT2D eigenvalue weighted by molar-refractivity contribution is 6.14. The van der Waals surface area contributed by atoms with Crippen LogP contribution in [0.5, 0.6) is 0 Å². The summed E-state index contributed by atoms with van der Waals surface area (Å²) in [6, 6.07) is 9.11. The number of imide groups is 1. The number of amides is 4. The first-order chi connectivity index (χ1) is 13.1. The zero-order valence-electron chi connectivity index (χ0n) is 14.6. The van der Waals surface area contributed by atoms with E-state index in [4.69, 9.17) is 5.21 Å². The molecule has 3 rings (SSSR count). The van der Waals surface area contributed by atoms with Gasteiger partial charge >= 0.3 is 6.03 Å². The summed E-state index contributed by atoms with van der Waals surface area (Å²) < 4.78 is 0. The summed E-state index contributed by atoms with van der Waals surface area (Å²) in [4.78, 5) is 41.0. The lowest BCUT2D eigenvalue weighted by molar-refractivity contribution is -0.129. The van der Waals surface area contributed by atoms with Crippen LogP contribution in [0.4, 0.5) is 4.79 Å². The molecule has 140 valence electrons. The van der Waals surface area contributed by atoms with E-state index in [2.05, 4.69) is 10.3 Å². The van der Waals surface area contributed by atoms with Crippen LogP contribution in [0.2, 0.25) is 0 Å². The van der Waals surface area contributed by atoms with Crippen LogP contribution in [0.25, 0.3) is 17.0 Å². The molecule has 2 heterocycles. The number of aromatic nitrogens is 1. The van der Waals surface area contributed by atoms with Gasteiger partial charge in [-0.05, 0) is 36.6 Å². The van der Waals surface area contributed by atoms with Crippen molar-refractivity contribution in [2.75, 3.05) is 6.54 Å². The SMILES string of the molecule is O=C(CCCCCN1C(=O)N/C(=C\c2cnc3ccccc3c2)C1=O)NO. The Labute approximate surface area is 155 Å². The van der Waals surface area contributed by atoms with Crippen molar-refractivity contribution in [3.63, 3.8) is 0 Å². The second-order valence-corrected chi connectivity index (χ2v) is 6.25. The number of para-hydroxylation sites is 1. The summed E-state index contributed by atoms with van der Waals surface area (Å²) in [5.41, 5.74) is 3.38. The fourth-order valence-corrected chi connectivity index (χ4v) is 2.90. The van der Waals surface area contributed by atoms with E-state index in [-0.39, 0.29) is 24.6 Å². The van der Waals surface area contributed by atoms with Gasteiger partial charge in [0.1, 0.15) is 5.70 Å². The standard InChI is InChI=1S/C19H20N4O4/c24-17(22-27)8-2-1-5-9-23-18(25)16(21-19(23)26)11-13-10-14-6-3-4-7-15(14)20-12-13/h3-4,6-7,10-12,27H,1-2,5,8-9H2,(H,21,26)(H,22,24)/b16-11-. The van der Waals surface area contributed by atoms with Gasteiger partial charge < -0.3 is 5.32 Å². The van der Waals surface area contributed by atoms with Crippen LogP contribution in [0, 0.1) is 0 Å². The third-order valence-electron chi connectivity index (χ3n) is 4.30. The number of unbranched alkanes of at least 4 members (excludes halogenated alkanes) is 2. The third-order valence-corrected chi connectivity index (χ3v) is 4.30. The number of benzene rings is 1. The van der Waals surface area contributed by atoms with Crippen LogP contribution in [0.3, 0.4) is 0 Å². The number of nitrogens with zero attached hydrogens (tertiary/aromatic N) is 2. The molecule has 1 fully saturated rings. The fraction of sp³-hybridized carbons (Fsp3) is 0.263. The number of carbonyl (C=O) groups excluding carboxylic acids is 3. The fourth-order valence-electron chi connectivity index (χ4n) is 2.90. The Morgan fingerprint density at radius 2 is 2.04 bits per heavy atom. The van der Waals surface area contributed by atoms with E-state index in [9.17, 15) is 14.4 Å². The van der Waals surface area contributed by atoms with E-state index in [0.717, 1.165) is 21.4 Å². The maximum atomic E-state index is 12.5. The molecule has 8 heteroatoms. The molecule has 0 spiro atoms. The van der Waals surface area contributed by atoms with Crippen molar-refractivity contribution in [2.24, 2.45) is 0 Å². The van der Waals surface area contributed by atoms with Gasteiger partial charge in [0.25, 0.3) is 5.91 Å². The zero-order valence-corrected chi connectivity index (χ0v) is 14.6. The Balaban J connectivity index is 1.61. The maximum absolute atomic E-state index is 12.5. The number of hydrogen-bond acceptors (Lipinski definition) is 5. The van der Waals surface area contributed by atoms with E-state index >= 15 is 0 Å². The molecule has 1 aromatic heterocycles. The highest BCUT2D eigenvalue weighted by Gasteiger charge is 2.32. The van der Waals surface area contributed by atoms with Gasteiger partial charge in [-0.2, -0.15) is 0 Å². The molecular formula is C19H20N4O4. The van der Waals surface area contributed by atoms with Gasteiger partial charge in [0.2, 0.25) is 5.91 Å². The Morgan fingerprint density at radius 3 is 2.85 bits per heavy atom. The Hall–Kier alpha value is -3.26. The maximum Gasteiger partial charge on any atom is 0.329 e. The number of pyridine rings is 1. The largest absolute Gasteiger partial charge is 0.329 e. The first-order valence-corrected chi connectivity index (χ1v) is 8.71. The van der Waals surface area contributed by atoms with Gasteiger partial charge in [0.05, 0.1) is 5.52 Å². The highest BCUT2D eigenvalue weighted by atomic mass is 16.5. The van der Waals surface area contributed by atoms with Crippen molar-refractivity contribution in [3.8, 4) is 0 Å². The first-order valence-electron chi connectivity index (χ1n) is 8.71. The van der Waals surface area contributed by atoms with Crippen molar-refractivity contribution in [2.45, 2.75) is 25.7 Å². The molecule has 8 nitrogen and oxygen atoms in total. The topological polar surface area (TPSA) is 112 Å². The molecule has 1 aromatic carbocycles. The average molecular weight is 368 g/mol. The monoisotopic (exact) mass is 368 g/mol. The van der Waals surface area contributed by atoms with Crippen LogP contribution in [-0.2, 0) is 9.59 Å². The summed E-state index contributed by atoms with van der Waals surface area (Å²) in [5, 5.41) is 12.0. The highest BCUT2D eigenvalue weighted by Crippen LogP contribution is 2.18. The lowest BCUT2D eigenvalue weighted by Gasteiger charge is -2.11. The molecular weight excluding hydrogens is 348 g/mol. The Bertz CT molecular complexity index is 909. The first kappa shape index (κ1) is 18.5. The summed E-state index contributed by atoms with van der Waals surface area (Å²) in [7, 11) is 0. The van der Waals surface area contributed by atoms with Gasteiger partial charge in [0.15, 0.2) is 0 Å². The second kappa shape index (κ2) is 8.41. The molecule has 1 saturated heterocycles. The van der Waals surface area contributed by atoms with E-state index in [1.807, 2.05) is 30.3 Å².